The summed E-state index contributed by atoms with van der Waals surface area (Å²) in [4.78, 5) is 52.4. The first-order chi connectivity index (χ1) is 13.0. The summed E-state index contributed by atoms with van der Waals surface area (Å²) in [5.41, 5.74) is 1.89. The van der Waals surface area contributed by atoms with E-state index in [0.717, 1.165) is 44.3 Å². The molecule has 3 aliphatic rings. The molecule has 2 fully saturated rings. The first-order valence-electron chi connectivity index (χ1n) is 9.61. The Kier molecular flexibility index (Phi) is 4.68. The van der Waals surface area contributed by atoms with Gasteiger partial charge < -0.3 is 9.80 Å². The lowest BCUT2D eigenvalue weighted by molar-refractivity contribution is -0.136. The predicted molar refractivity (Wildman–Crippen MR) is 96.9 cm³/mol. The molecule has 0 aliphatic carbocycles. The highest BCUT2D eigenvalue weighted by molar-refractivity contribution is 6.06. The molecule has 7 heteroatoms. The average molecular weight is 369 g/mol. The molecule has 1 aromatic carbocycles. The summed E-state index contributed by atoms with van der Waals surface area (Å²) in [7, 11) is 0. The van der Waals surface area contributed by atoms with Crippen LogP contribution in [0.25, 0.3) is 0 Å². The zero-order valence-electron chi connectivity index (χ0n) is 15.2. The lowest BCUT2D eigenvalue weighted by Crippen LogP contribution is -2.52. The molecule has 1 N–H and O–H groups in total. The van der Waals surface area contributed by atoms with Crippen LogP contribution in [0.1, 0.15) is 64.8 Å². The van der Waals surface area contributed by atoms with Crippen molar-refractivity contribution < 1.29 is 19.2 Å². The Bertz CT molecular complexity index is 811. The van der Waals surface area contributed by atoms with Crippen LogP contribution in [0.15, 0.2) is 18.2 Å². The van der Waals surface area contributed by atoms with Gasteiger partial charge >= 0.3 is 0 Å². The number of fused-ring (bicyclic) bond motifs is 1. The molecule has 27 heavy (non-hydrogen) atoms. The summed E-state index contributed by atoms with van der Waals surface area (Å²) in [5, 5.41) is 2.30. The van der Waals surface area contributed by atoms with Gasteiger partial charge in [0.25, 0.3) is 11.8 Å². The Morgan fingerprint density at radius 2 is 1.78 bits per heavy atom. The van der Waals surface area contributed by atoms with Gasteiger partial charge in [-0.25, -0.2) is 0 Å². The van der Waals surface area contributed by atoms with E-state index in [4.69, 9.17) is 0 Å². The quantitative estimate of drug-likeness (QED) is 0.800. The molecule has 3 heterocycles. The van der Waals surface area contributed by atoms with Crippen molar-refractivity contribution in [3.8, 4) is 0 Å². The van der Waals surface area contributed by atoms with Crippen LogP contribution >= 0.6 is 0 Å². The molecule has 0 radical (unpaired) electrons. The standard InChI is InChI=1S/C20H23N3O4/c24-17-8-7-16(18(25)21-17)23-12-14-11-13(5-6-15(14)20(23)27)19(26)22-9-3-1-2-4-10-22/h5-6,11,16H,1-4,7-10,12H2,(H,21,24,25). The fraction of sp³-hybridized carbons (Fsp3) is 0.500. The van der Waals surface area contributed by atoms with Gasteiger partial charge in [-0.05, 0) is 43.0 Å². The Morgan fingerprint density at radius 1 is 1.04 bits per heavy atom. The maximum Gasteiger partial charge on any atom is 0.255 e. The number of hydrogen-bond donors (Lipinski definition) is 1. The largest absolute Gasteiger partial charge is 0.339 e. The average Bonchev–Trinajstić information content (AvgIpc) is 2.84. The number of amides is 4. The minimum Gasteiger partial charge on any atom is -0.339 e. The number of imide groups is 1. The van der Waals surface area contributed by atoms with Crippen LogP contribution < -0.4 is 5.32 Å². The van der Waals surface area contributed by atoms with Crippen LogP contribution in [0, 0.1) is 0 Å². The summed E-state index contributed by atoms with van der Waals surface area (Å²) < 4.78 is 0. The van der Waals surface area contributed by atoms with Gasteiger partial charge in [0.15, 0.2) is 0 Å². The Balaban J connectivity index is 1.53. The minimum absolute atomic E-state index is 0.00612. The minimum atomic E-state index is -0.632. The van der Waals surface area contributed by atoms with Gasteiger partial charge in [-0.3, -0.25) is 24.5 Å². The Hall–Kier alpha value is -2.70. The molecule has 1 unspecified atom stereocenters. The number of piperidine rings is 1. The van der Waals surface area contributed by atoms with Crippen LogP contribution in [0.5, 0.6) is 0 Å². The Labute approximate surface area is 157 Å². The smallest absolute Gasteiger partial charge is 0.255 e. The van der Waals surface area contributed by atoms with Gasteiger partial charge in [0.2, 0.25) is 11.8 Å². The highest BCUT2D eigenvalue weighted by atomic mass is 16.2. The molecule has 0 aromatic heterocycles. The first-order valence-corrected chi connectivity index (χ1v) is 9.61. The molecule has 0 spiro atoms. The molecule has 0 saturated carbocycles. The van der Waals surface area contributed by atoms with Crippen LogP contribution in [0.2, 0.25) is 0 Å². The second-order valence-electron chi connectivity index (χ2n) is 7.48. The van der Waals surface area contributed by atoms with Gasteiger partial charge in [-0.15, -0.1) is 0 Å². The van der Waals surface area contributed by atoms with Crippen molar-refractivity contribution in [2.45, 2.75) is 51.1 Å². The summed E-state index contributed by atoms with van der Waals surface area (Å²) in [6.45, 7) is 1.84. The van der Waals surface area contributed by atoms with Crippen LogP contribution in [0.4, 0.5) is 0 Å². The molecule has 1 aromatic rings. The van der Waals surface area contributed by atoms with E-state index >= 15 is 0 Å². The van der Waals surface area contributed by atoms with E-state index in [-0.39, 0.29) is 24.1 Å². The third kappa shape index (κ3) is 3.34. The van der Waals surface area contributed by atoms with Gasteiger partial charge in [0, 0.05) is 37.2 Å². The molecule has 1 atom stereocenters. The number of carbonyl (C=O) groups is 4. The third-order valence-corrected chi connectivity index (χ3v) is 5.66. The maximum atomic E-state index is 12.8. The number of likely N-dealkylation sites (tertiary alicyclic amines) is 1. The van der Waals surface area contributed by atoms with E-state index in [0.29, 0.717) is 24.1 Å². The fourth-order valence-electron chi connectivity index (χ4n) is 4.16. The third-order valence-electron chi connectivity index (χ3n) is 5.66. The highest BCUT2D eigenvalue weighted by Gasteiger charge is 2.39. The van der Waals surface area contributed by atoms with Crippen molar-refractivity contribution in [2.75, 3.05) is 13.1 Å². The molecule has 4 amide bonds. The molecule has 142 valence electrons. The predicted octanol–water partition coefficient (Wildman–Crippen LogP) is 1.46. The first kappa shape index (κ1) is 17.7. The van der Waals surface area contributed by atoms with Gasteiger partial charge in [-0.2, -0.15) is 0 Å². The zero-order valence-corrected chi connectivity index (χ0v) is 15.2. The topological polar surface area (TPSA) is 86.8 Å². The second kappa shape index (κ2) is 7.13. The van der Waals surface area contributed by atoms with Crippen molar-refractivity contribution in [3.63, 3.8) is 0 Å². The molecule has 3 aliphatic heterocycles. The van der Waals surface area contributed by atoms with Crippen molar-refractivity contribution in [1.82, 2.24) is 15.1 Å². The number of rotatable bonds is 2. The van der Waals surface area contributed by atoms with Gasteiger partial charge in [0.05, 0.1) is 0 Å². The van der Waals surface area contributed by atoms with E-state index in [1.54, 1.807) is 18.2 Å². The van der Waals surface area contributed by atoms with Crippen LogP contribution in [-0.2, 0) is 16.1 Å². The van der Waals surface area contributed by atoms with E-state index in [1.165, 1.54) is 4.90 Å². The lowest BCUT2D eigenvalue weighted by atomic mass is 10.0. The zero-order chi connectivity index (χ0) is 19.0. The lowest BCUT2D eigenvalue weighted by Gasteiger charge is -2.29. The van der Waals surface area contributed by atoms with Crippen molar-refractivity contribution in [3.05, 3.63) is 34.9 Å². The van der Waals surface area contributed by atoms with Crippen molar-refractivity contribution in [1.29, 1.82) is 0 Å². The molecule has 4 rings (SSSR count). The summed E-state index contributed by atoms with van der Waals surface area (Å²) >= 11 is 0. The number of nitrogens with zero attached hydrogens (tertiary/aromatic N) is 2. The SMILES string of the molecule is O=C1CCC(N2Cc3cc(C(=O)N4CCCCCC4)ccc3C2=O)C(=O)N1. The molecule has 2 saturated heterocycles. The van der Waals surface area contributed by atoms with E-state index in [1.807, 2.05) is 4.90 Å². The van der Waals surface area contributed by atoms with Gasteiger partial charge in [0.1, 0.15) is 6.04 Å². The fourth-order valence-corrected chi connectivity index (χ4v) is 4.16. The normalized spacial score (nSPS) is 23.1. The second-order valence-corrected chi connectivity index (χ2v) is 7.48. The van der Waals surface area contributed by atoms with E-state index in [9.17, 15) is 19.2 Å². The van der Waals surface area contributed by atoms with E-state index < -0.39 is 11.9 Å². The maximum absolute atomic E-state index is 12.8. The molecule has 7 nitrogen and oxygen atoms in total. The highest BCUT2D eigenvalue weighted by Crippen LogP contribution is 2.28. The van der Waals surface area contributed by atoms with Crippen molar-refractivity contribution in [2.24, 2.45) is 0 Å². The number of benzene rings is 1. The Morgan fingerprint density at radius 3 is 2.48 bits per heavy atom. The summed E-state index contributed by atoms with van der Waals surface area (Å²) in [6.07, 6.45) is 4.93. The number of carbonyl (C=O) groups excluding carboxylic acids is 4. The molecular weight excluding hydrogens is 346 g/mol. The number of hydrogen-bond acceptors (Lipinski definition) is 4. The van der Waals surface area contributed by atoms with Crippen LogP contribution in [0.3, 0.4) is 0 Å². The van der Waals surface area contributed by atoms with Gasteiger partial charge in [-0.1, -0.05) is 12.8 Å². The van der Waals surface area contributed by atoms with Crippen molar-refractivity contribution >= 4 is 23.6 Å². The van der Waals surface area contributed by atoms with E-state index in [2.05, 4.69) is 5.32 Å². The summed E-state index contributed by atoms with van der Waals surface area (Å²) in [5.74, 6) is -0.932. The number of nitrogens with one attached hydrogen (secondary N) is 1. The molecule has 0 bridgehead atoms. The summed E-state index contributed by atoms with van der Waals surface area (Å²) in [6, 6.07) is 4.55. The molecular formula is C20H23N3O4. The van der Waals surface area contributed by atoms with Crippen LogP contribution in [-0.4, -0.2) is 52.6 Å². The monoisotopic (exact) mass is 369 g/mol.